The van der Waals surface area contributed by atoms with E-state index >= 15 is 0 Å². The summed E-state index contributed by atoms with van der Waals surface area (Å²) in [4.78, 5) is 28.3. The third kappa shape index (κ3) is 2.84. The first-order chi connectivity index (χ1) is 9.75. The molecule has 1 unspecified atom stereocenters. The van der Waals surface area contributed by atoms with Crippen LogP contribution in [0.3, 0.4) is 0 Å². The van der Waals surface area contributed by atoms with Gasteiger partial charge in [-0.2, -0.15) is 0 Å². The summed E-state index contributed by atoms with van der Waals surface area (Å²) in [5.41, 5.74) is 0. The van der Waals surface area contributed by atoms with Crippen molar-refractivity contribution in [1.29, 1.82) is 0 Å². The van der Waals surface area contributed by atoms with Gasteiger partial charge in [0.15, 0.2) is 0 Å². The van der Waals surface area contributed by atoms with Gasteiger partial charge in [-0.15, -0.1) is 0 Å². The van der Waals surface area contributed by atoms with Gasteiger partial charge in [0, 0.05) is 13.1 Å². The van der Waals surface area contributed by atoms with Gasteiger partial charge in [-0.05, 0) is 31.6 Å². The largest absolute Gasteiger partial charge is 0.332 e. The second-order valence-electron chi connectivity index (χ2n) is 6.65. The number of piperazine rings is 1. The van der Waals surface area contributed by atoms with Gasteiger partial charge in [0.05, 0.1) is 6.54 Å². The molecule has 2 amide bonds. The molecule has 2 heterocycles. The molecule has 1 saturated carbocycles. The van der Waals surface area contributed by atoms with Crippen molar-refractivity contribution < 1.29 is 9.59 Å². The lowest BCUT2D eigenvalue weighted by Crippen LogP contribution is -2.61. The van der Waals surface area contributed by atoms with Gasteiger partial charge in [0.2, 0.25) is 11.8 Å². The van der Waals surface area contributed by atoms with Gasteiger partial charge in [-0.1, -0.05) is 32.1 Å². The number of fused-ring (bicyclic) bond motifs is 1. The molecule has 4 heteroatoms. The summed E-state index contributed by atoms with van der Waals surface area (Å²) in [6.07, 6.45) is 10.8. The quantitative estimate of drug-likeness (QED) is 0.794. The van der Waals surface area contributed by atoms with Gasteiger partial charge in [0.1, 0.15) is 6.04 Å². The SMILES string of the molecule is O=C1C2CCCCN2C(=O)CN1CCC1CCCCC1. The van der Waals surface area contributed by atoms with E-state index in [-0.39, 0.29) is 17.9 Å². The Morgan fingerprint density at radius 1 is 0.950 bits per heavy atom. The predicted octanol–water partition coefficient (Wildman–Crippen LogP) is 2.18. The number of piperidine rings is 1. The first kappa shape index (κ1) is 13.9. The van der Waals surface area contributed by atoms with E-state index in [4.69, 9.17) is 0 Å². The smallest absolute Gasteiger partial charge is 0.245 e. The summed E-state index contributed by atoms with van der Waals surface area (Å²) >= 11 is 0. The summed E-state index contributed by atoms with van der Waals surface area (Å²) in [5, 5.41) is 0. The summed E-state index contributed by atoms with van der Waals surface area (Å²) < 4.78 is 0. The number of hydrogen-bond donors (Lipinski definition) is 0. The van der Waals surface area contributed by atoms with E-state index in [9.17, 15) is 9.59 Å². The van der Waals surface area contributed by atoms with Crippen molar-refractivity contribution in [3.8, 4) is 0 Å². The van der Waals surface area contributed by atoms with Crippen molar-refractivity contribution in [1.82, 2.24) is 9.80 Å². The van der Waals surface area contributed by atoms with Crippen LogP contribution in [0.4, 0.5) is 0 Å². The van der Waals surface area contributed by atoms with Crippen molar-refractivity contribution in [2.75, 3.05) is 19.6 Å². The number of nitrogens with zero attached hydrogens (tertiary/aromatic N) is 2. The lowest BCUT2D eigenvalue weighted by atomic mass is 9.86. The van der Waals surface area contributed by atoms with Gasteiger partial charge in [-0.25, -0.2) is 0 Å². The Bertz CT molecular complexity index is 377. The Hall–Kier alpha value is -1.06. The molecule has 1 atom stereocenters. The van der Waals surface area contributed by atoms with Crippen LogP contribution >= 0.6 is 0 Å². The lowest BCUT2D eigenvalue weighted by molar-refractivity contribution is -0.157. The first-order valence-electron chi connectivity index (χ1n) is 8.34. The molecule has 0 radical (unpaired) electrons. The van der Waals surface area contributed by atoms with Gasteiger partial charge in [0.25, 0.3) is 0 Å². The normalized spacial score (nSPS) is 28.7. The molecule has 4 nitrogen and oxygen atoms in total. The second-order valence-corrected chi connectivity index (χ2v) is 6.65. The third-order valence-corrected chi connectivity index (χ3v) is 5.28. The highest BCUT2D eigenvalue weighted by atomic mass is 16.2. The monoisotopic (exact) mass is 278 g/mol. The second kappa shape index (κ2) is 6.15. The highest BCUT2D eigenvalue weighted by molar-refractivity contribution is 5.95. The molecule has 3 rings (SSSR count). The molecule has 0 N–H and O–H groups in total. The molecule has 2 saturated heterocycles. The average Bonchev–Trinajstić information content (AvgIpc) is 2.50. The maximum atomic E-state index is 12.5. The van der Waals surface area contributed by atoms with Crippen LogP contribution in [0.25, 0.3) is 0 Å². The van der Waals surface area contributed by atoms with E-state index in [1.165, 1.54) is 32.1 Å². The lowest BCUT2D eigenvalue weighted by Gasteiger charge is -2.43. The fourth-order valence-electron chi connectivity index (χ4n) is 4.03. The van der Waals surface area contributed by atoms with Gasteiger partial charge in [-0.3, -0.25) is 9.59 Å². The molecule has 0 bridgehead atoms. The highest BCUT2D eigenvalue weighted by Gasteiger charge is 2.40. The van der Waals surface area contributed by atoms with E-state index in [1.807, 2.05) is 9.80 Å². The summed E-state index contributed by atoms with van der Waals surface area (Å²) in [6, 6.07) is -0.142. The minimum Gasteiger partial charge on any atom is -0.332 e. The standard InChI is InChI=1S/C16H26N2O2/c19-15-12-17(11-9-13-6-2-1-3-7-13)16(20)14-8-4-5-10-18(14)15/h13-14H,1-12H2. The third-order valence-electron chi connectivity index (χ3n) is 5.28. The topological polar surface area (TPSA) is 40.6 Å². The summed E-state index contributed by atoms with van der Waals surface area (Å²) in [7, 11) is 0. The Kier molecular flexibility index (Phi) is 4.27. The molecule has 0 spiro atoms. The number of rotatable bonds is 3. The maximum absolute atomic E-state index is 12.5. The number of carbonyl (C=O) groups excluding carboxylic acids is 2. The molecule has 0 aromatic rings. The van der Waals surface area contributed by atoms with E-state index in [0.717, 1.165) is 44.7 Å². The van der Waals surface area contributed by atoms with Crippen molar-refractivity contribution in [3.05, 3.63) is 0 Å². The van der Waals surface area contributed by atoms with Crippen LogP contribution in [0.2, 0.25) is 0 Å². The van der Waals surface area contributed by atoms with Crippen molar-refractivity contribution in [2.45, 2.75) is 63.8 Å². The summed E-state index contributed by atoms with van der Waals surface area (Å²) in [6.45, 7) is 1.90. The minimum atomic E-state index is -0.142. The van der Waals surface area contributed by atoms with Crippen LogP contribution in [0.1, 0.15) is 57.8 Å². The minimum absolute atomic E-state index is 0.142. The average molecular weight is 278 g/mol. The Balaban J connectivity index is 1.56. The molecule has 20 heavy (non-hydrogen) atoms. The zero-order valence-corrected chi connectivity index (χ0v) is 12.4. The molecular formula is C16H26N2O2. The van der Waals surface area contributed by atoms with E-state index in [1.54, 1.807) is 0 Å². The van der Waals surface area contributed by atoms with E-state index < -0.39 is 0 Å². The summed E-state index contributed by atoms with van der Waals surface area (Å²) in [5.74, 6) is 1.15. The molecule has 3 aliphatic rings. The van der Waals surface area contributed by atoms with Crippen LogP contribution in [-0.4, -0.2) is 47.3 Å². The molecule has 2 aliphatic heterocycles. The fraction of sp³-hybridized carbons (Fsp3) is 0.875. The molecule has 0 aromatic carbocycles. The van der Waals surface area contributed by atoms with Crippen LogP contribution in [0, 0.1) is 5.92 Å². The molecular weight excluding hydrogens is 252 g/mol. The maximum Gasteiger partial charge on any atom is 0.245 e. The van der Waals surface area contributed by atoms with Gasteiger partial charge >= 0.3 is 0 Å². The van der Waals surface area contributed by atoms with Crippen LogP contribution in [0.5, 0.6) is 0 Å². The van der Waals surface area contributed by atoms with Gasteiger partial charge < -0.3 is 9.80 Å². The van der Waals surface area contributed by atoms with Crippen molar-refractivity contribution in [2.24, 2.45) is 5.92 Å². The zero-order chi connectivity index (χ0) is 13.9. The Labute approximate surface area is 121 Å². The Morgan fingerprint density at radius 2 is 1.70 bits per heavy atom. The number of carbonyl (C=O) groups is 2. The Morgan fingerprint density at radius 3 is 2.50 bits per heavy atom. The number of hydrogen-bond acceptors (Lipinski definition) is 2. The molecule has 112 valence electrons. The van der Waals surface area contributed by atoms with E-state index in [2.05, 4.69) is 0 Å². The molecule has 3 fully saturated rings. The first-order valence-corrected chi connectivity index (χ1v) is 8.34. The van der Waals surface area contributed by atoms with E-state index in [0.29, 0.717) is 6.54 Å². The van der Waals surface area contributed by atoms with Crippen molar-refractivity contribution >= 4 is 11.8 Å². The zero-order valence-electron chi connectivity index (χ0n) is 12.4. The molecule has 1 aliphatic carbocycles. The van der Waals surface area contributed by atoms with Crippen LogP contribution < -0.4 is 0 Å². The predicted molar refractivity (Wildman–Crippen MR) is 77.1 cm³/mol. The van der Waals surface area contributed by atoms with Crippen LogP contribution in [0.15, 0.2) is 0 Å². The molecule has 0 aromatic heterocycles. The van der Waals surface area contributed by atoms with Crippen molar-refractivity contribution in [3.63, 3.8) is 0 Å². The van der Waals surface area contributed by atoms with Crippen LogP contribution in [-0.2, 0) is 9.59 Å². The number of amides is 2. The highest BCUT2D eigenvalue weighted by Crippen LogP contribution is 2.28. The fourth-order valence-corrected chi connectivity index (χ4v) is 4.03.